The summed E-state index contributed by atoms with van der Waals surface area (Å²) in [4.78, 5) is 1.71. The molecular formula is C8H14N4O. The van der Waals surface area contributed by atoms with Gasteiger partial charge < -0.3 is 5.11 Å². The third-order valence-corrected chi connectivity index (χ3v) is 2.46. The van der Waals surface area contributed by atoms with E-state index in [1.165, 1.54) is 12.8 Å². The van der Waals surface area contributed by atoms with E-state index in [1.54, 1.807) is 4.80 Å². The van der Waals surface area contributed by atoms with E-state index in [0.717, 1.165) is 12.8 Å². The monoisotopic (exact) mass is 182 g/mol. The molecule has 1 aromatic rings. The molecule has 0 aliphatic heterocycles. The number of hydrogen-bond donors (Lipinski definition) is 1. The summed E-state index contributed by atoms with van der Waals surface area (Å²) >= 11 is 0. The van der Waals surface area contributed by atoms with Crippen molar-refractivity contribution in [3.8, 4) is 0 Å². The van der Waals surface area contributed by atoms with Crippen LogP contribution in [0, 0.1) is 0 Å². The Bertz CT molecular complexity index is 267. The maximum absolute atomic E-state index is 8.68. The van der Waals surface area contributed by atoms with Gasteiger partial charge in [0.05, 0.1) is 12.6 Å². The molecule has 0 radical (unpaired) electrons. The highest BCUT2D eigenvalue weighted by Gasteiger charge is 2.19. The third kappa shape index (κ3) is 1.85. The maximum atomic E-state index is 8.68. The number of aliphatic hydroxyl groups is 1. The first kappa shape index (κ1) is 8.62. The zero-order valence-corrected chi connectivity index (χ0v) is 7.56. The van der Waals surface area contributed by atoms with Gasteiger partial charge in [-0.25, -0.2) is 0 Å². The molecule has 5 heteroatoms. The second kappa shape index (κ2) is 3.83. The number of aliphatic hydroxyl groups excluding tert-OH is 1. The Balaban J connectivity index is 2.03. The Morgan fingerprint density at radius 3 is 2.85 bits per heavy atom. The van der Waals surface area contributed by atoms with E-state index >= 15 is 0 Å². The SMILES string of the molecule is OCCc1nnn(C2CCCC2)n1. The Hall–Kier alpha value is -0.970. The molecule has 0 spiro atoms. The summed E-state index contributed by atoms with van der Waals surface area (Å²) in [6.45, 7) is 0.0936. The summed E-state index contributed by atoms with van der Waals surface area (Å²) in [6.07, 6.45) is 5.36. The third-order valence-electron chi connectivity index (χ3n) is 2.46. The van der Waals surface area contributed by atoms with Gasteiger partial charge in [0.15, 0.2) is 5.82 Å². The second-order valence-corrected chi connectivity index (χ2v) is 3.44. The average Bonchev–Trinajstić information content (AvgIpc) is 2.70. The lowest BCUT2D eigenvalue weighted by Crippen LogP contribution is -2.08. The fraction of sp³-hybridized carbons (Fsp3) is 0.875. The zero-order chi connectivity index (χ0) is 9.10. The van der Waals surface area contributed by atoms with Crippen molar-refractivity contribution >= 4 is 0 Å². The Morgan fingerprint density at radius 2 is 2.15 bits per heavy atom. The van der Waals surface area contributed by atoms with Gasteiger partial charge in [0.25, 0.3) is 0 Å². The molecule has 1 N–H and O–H groups in total. The fourth-order valence-corrected chi connectivity index (χ4v) is 1.75. The fourth-order valence-electron chi connectivity index (χ4n) is 1.75. The van der Waals surface area contributed by atoms with Crippen LogP contribution in [-0.4, -0.2) is 31.9 Å². The molecule has 1 aliphatic carbocycles. The van der Waals surface area contributed by atoms with E-state index in [2.05, 4.69) is 15.4 Å². The smallest absolute Gasteiger partial charge is 0.177 e. The van der Waals surface area contributed by atoms with Crippen molar-refractivity contribution in [2.24, 2.45) is 0 Å². The van der Waals surface area contributed by atoms with Crippen molar-refractivity contribution in [3.05, 3.63) is 5.82 Å². The van der Waals surface area contributed by atoms with Gasteiger partial charge in [0, 0.05) is 6.42 Å². The predicted molar refractivity (Wildman–Crippen MR) is 46.1 cm³/mol. The minimum absolute atomic E-state index is 0.0936. The van der Waals surface area contributed by atoms with Gasteiger partial charge >= 0.3 is 0 Å². The molecule has 0 amide bonds. The normalized spacial score (nSPS) is 18.2. The van der Waals surface area contributed by atoms with Gasteiger partial charge in [-0.15, -0.1) is 10.2 Å². The van der Waals surface area contributed by atoms with Crippen LogP contribution in [0.15, 0.2) is 0 Å². The van der Waals surface area contributed by atoms with Crippen LogP contribution >= 0.6 is 0 Å². The Morgan fingerprint density at radius 1 is 1.38 bits per heavy atom. The Kier molecular flexibility index (Phi) is 2.54. The van der Waals surface area contributed by atoms with Gasteiger partial charge in [0.1, 0.15) is 0 Å². The average molecular weight is 182 g/mol. The highest BCUT2D eigenvalue weighted by Crippen LogP contribution is 2.27. The summed E-state index contributed by atoms with van der Waals surface area (Å²) in [5.41, 5.74) is 0. The minimum atomic E-state index is 0.0936. The highest BCUT2D eigenvalue weighted by atomic mass is 16.3. The summed E-state index contributed by atoms with van der Waals surface area (Å²) in [6, 6.07) is 0.444. The van der Waals surface area contributed by atoms with Gasteiger partial charge in [-0.3, -0.25) is 0 Å². The van der Waals surface area contributed by atoms with Gasteiger partial charge in [-0.05, 0) is 18.1 Å². The first-order chi connectivity index (χ1) is 6.40. The quantitative estimate of drug-likeness (QED) is 0.731. The molecule has 2 rings (SSSR count). The first-order valence-corrected chi connectivity index (χ1v) is 4.79. The molecule has 1 fully saturated rings. The van der Waals surface area contributed by atoms with E-state index in [9.17, 15) is 0 Å². The van der Waals surface area contributed by atoms with Crippen molar-refractivity contribution in [1.82, 2.24) is 20.2 Å². The summed E-state index contributed by atoms with van der Waals surface area (Å²) in [5.74, 6) is 0.648. The van der Waals surface area contributed by atoms with Gasteiger partial charge in [-0.2, -0.15) is 4.80 Å². The summed E-state index contributed by atoms with van der Waals surface area (Å²) in [7, 11) is 0. The molecule has 1 saturated carbocycles. The van der Waals surface area contributed by atoms with Crippen molar-refractivity contribution in [2.45, 2.75) is 38.1 Å². The molecule has 5 nitrogen and oxygen atoms in total. The van der Waals surface area contributed by atoms with Crippen molar-refractivity contribution in [3.63, 3.8) is 0 Å². The van der Waals surface area contributed by atoms with Crippen LogP contribution < -0.4 is 0 Å². The molecule has 0 bridgehead atoms. The first-order valence-electron chi connectivity index (χ1n) is 4.79. The second-order valence-electron chi connectivity index (χ2n) is 3.44. The molecule has 1 heterocycles. The summed E-state index contributed by atoms with van der Waals surface area (Å²) < 4.78 is 0. The zero-order valence-electron chi connectivity index (χ0n) is 7.56. The lowest BCUT2D eigenvalue weighted by atomic mass is 10.3. The molecule has 0 atom stereocenters. The topological polar surface area (TPSA) is 63.8 Å². The highest BCUT2D eigenvalue weighted by molar-refractivity contribution is 4.78. The van der Waals surface area contributed by atoms with E-state index in [4.69, 9.17) is 5.11 Å². The van der Waals surface area contributed by atoms with Gasteiger partial charge in [-0.1, -0.05) is 12.8 Å². The molecule has 0 saturated heterocycles. The van der Waals surface area contributed by atoms with Crippen LogP contribution in [0.4, 0.5) is 0 Å². The van der Waals surface area contributed by atoms with Crippen LogP contribution in [0.5, 0.6) is 0 Å². The number of nitrogens with zero attached hydrogens (tertiary/aromatic N) is 4. The predicted octanol–water partition coefficient (Wildman–Crippen LogP) is 0.323. The number of tetrazole rings is 1. The van der Waals surface area contributed by atoms with Crippen LogP contribution in [0.25, 0.3) is 0 Å². The van der Waals surface area contributed by atoms with Crippen molar-refractivity contribution < 1.29 is 5.11 Å². The maximum Gasteiger partial charge on any atom is 0.177 e. The molecule has 1 aromatic heterocycles. The lowest BCUT2D eigenvalue weighted by molar-refractivity contribution is 0.296. The Labute approximate surface area is 76.8 Å². The van der Waals surface area contributed by atoms with E-state index in [1.807, 2.05) is 0 Å². The van der Waals surface area contributed by atoms with E-state index < -0.39 is 0 Å². The lowest BCUT2D eigenvalue weighted by Gasteiger charge is -2.04. The number of hydrogen-bond acceptors (Lipinski definition) is 4. The number of rotatable bonds is 3. The summed E-state index contributed by atoms with van der Waals surface area (Å²) in [5, 5.41) is 20.7. The van der Waals surface area contributed by atoms with Crippen molar-refractivity contribution in [1.29, 1.82) is 0 Å². The van der Waals surface area contributed by atoms with Crippen molar-refractivity contribution in [2.75, 3.05) is 6.61 Å². The standard InChI is InChI=1S/C8H14N4O/c13-6-5-8-9-11-12(10-8)7-3-1-2-4-7/h7,13H,1-6H2. The van der Waals surface area contributed by atoms with Crippen LogP contribution in [0.3, 0.4) is 0 Å². The molecule has 0 unspecified atom stereocenters. The molecule has 0 aromatic carbocycles. The molecule has 1 aliphatic rings. The minimum Gasteiger partial charge on any atom is -0.396 e. The molecular weight excluding hydrogens is 168 g/mol. The largest absolute Gasteiger partial charge is 0.396 e. The van der Waals surface area contributed by atoms with Gasteiger partial charge in [0.2, 0.25) is 0 Å². The van der Waals surface area contributed by atoms with Crippen LogP contribution in [0.2, 0.25) is 0 Å². The molecule has 13 heavy (non-hydrogen) atoms. The molecule has 72 valence electrons. The van der Waals surface area contributed by atoms with Crippen LogP contribution in [-0.2, 0) is 6.42 Å². The van der Waals surface area contributed by atoms with E-state index in [-0.39, 0.29) is 6.61 Å². The van der Waals surface area contributed by atoms with E-state index in [0.29, 0.717) is 18.3 Å². The number of aromatic nitrogens is 4. The van der Waals surface area contributed by atoms with Crippen LogP contribution in [0.1, 0.15) is 37.5 Å².